The predicted octanol–water partition coefficient (Wildman–Crippen LogP) is 5.92. The van der Waals surface area contributed by atoms with Crippen molar-refractivity contribution in [1.29, 1.82) is 0 Å². The van der Waals surface area contributed by atoms with Crippen molar-refractivity contribution in [3.05, 3.63) is 75.3 Å². The standard InChI is InChI=1S/C18H10BrNO3/c19-11-8-9-12(16(10-11)20(21)22)14-5-3-6-15-13-4-1-2-7-17(13)23-18(14)15/h1-10H. The van der Waals surface area contributed by atoms with E-state index in [9.17, 15) is 10.1 Å². The van der Waals surface area contributed by atoms with Gasteiger partial charge in [-0.3, -0.25) is 10.1 Å². The lowest BCUT2D eigenvalue weighted by atomic mass is 10.0. The molecule has 0 unspecified atom stereocenters. The van der Waals surface area contributed by atoms with Gasteiger partial charge in [0, 0.05) is 26.9 Å². The first-order chi connectivity index (χ1) is 11.1. The zero-order valence-corrected chi connectivity index (χ0v) is 13.4. The number of fused-ring (bicyclic) bond motifs is 3. The van der Waals surface area contributed by atoms with Gasteiger partial charge in [0.1, 0.15) is 11.2 Å². The van der Waals surface area contributed by atoms with Crippen LogP contribution in [0.1, 0.15) is 0 Å². The average molecular weight is 368 g/mol. The first-order valence-corrected chi connectivity index (χ1v) is 7.79. The monoisotopic (exact) mass is 367 g/mol. The molecule has 0 radical (unpaired) electrons. The number of hydrogen-bond donors (Lipinski definition) is 0. The van der Waals surface area contributed by atoms with Gasteiger partial charge in [-0.2, -0.15) is 0 Å². The van der Waals surface area contributed by atoms with Crippen LogP contribution in [0.25, 0.3) is 33.1 Å². The number of halogens is 1. The normalized spacial score (nSPS) is 11.2. The van der Waals surface area contributed by atoms with Crippen molar-refractivity contribution in [2.24, 2.45) is 0 Å². The summed E-state index contributed by atoms with van der Waals surface area (Å²) in [6.45, 7) is 0. The lowest BCUT2D eigenvalue weighted by Gasteiger charge is -2.04. The second kappa shape index (κ2) is 5.21. The molecule has 4 nitrogen and oxygen atoms in total. The highest BCUT2D eigenvalue weighted by Gasteiger charge is 2.20. The van der Waals surface area contributed by atoms with Gasteiger partial charge in [0.15, 0.2) is 0 Å². The highest BCUT2D eigenvalue weighted by atomic mass is 79.9. The van der Waals surface area contributed by atoms with Crippen LogP contribution in [0, 0.1) is 10.1 Å². The Bertz CT molecular complexity index is 1070. The summed E-state index contributed by atoms with van der Waals surface area (Å²) >= 11 is 3.29. The van der Waals surface area contributed by atoms with Crippen LogP contribution in [0.15, 0.2) is 69.6 Å². The number of benzene rings is 3. The third-order valence-electron chi connectivity index (χ3n) is 3.85. The molecule has 0 fully saturated rings. The molecule has 0 saturated carbocycles. The summed E-state index contributed by atoms with van der Waals surface area (Å²) in [7, 11) is 0. The van der Waals surface area contributed by atoms with Crippen molar-refractivity contribution >= 4 is 43.6 Å². The zero-order chi connectivity index (χ0) is 16.0. The lowest BCUT2D eigenvalue weighted by molar-refractivity contribution is -0.384. The van der Waals surface area contributed by atoms with Gasteiger partial charge in [-0.15, -0.1) is 0 Å². The molecule has 0 aliphatic heterocycles. The molecule has 0 bridgehead atoms. The van der Waals surface area contributed by atoms with Crippen LogP contribution in [0.2, 0.25) is 0 Å². The second-order valence-electron chi connectivity index (χ2n) is 5.20. The first-order valence-electron chi connectivity index (χ1n) is 7.00. The van der Waals surface area contributed by atoms with Crippen LogP contribution >= 0.6 is 15.9 Å². The second-order valence-corrected chi connectivity index (χ2v) is 6.11. The van der Waals surface area contributed by atoms with Crippen molar-refractivity contribution in [3.63, 3.8) is 0 Å². The summed E-state index contributed by atoms with van der Waals surface area (Å²) in [4.78, 5) is 11.0. The van der Waals surface area contributed by atoms with Crippen LogP contribution < -0.4 is 0 Å². The summed E-state index contributed by atoms with van der Waals surface area (Å²) in [5, 5.41) is 13.4. The van der Waals surface area contributed by atoms with Crippen molar-refractivity contribution < 1.29 is 9.34 Å². The average Bonchev–Trinajstić information content (AvgIpc) is 2.93. The molecule has 4 rings (SSSR count). The summed E-state index contributed by atoms with van der Waals surface area (Å²) in [6.07, 6.45) is 0. The number of para-hydroxylation sites is 2. The van der Waals surface area contributed by atoms with Crippen LogP contribution in [0.4, 0.5) is 5.69 Å². The van der Waals surface area contributed by atoms with Crippen molar-refractivity contribution in [1.82, 2.24) is 0 Å². The minimum atomic E-state index is -0.373. The van der Waals surface area contributed by atoms with Crippen LogP contribution in [0.3, 0.4) is 0 Å². The van der Waals surface area contributed by atoms with E-state index in [2.05, 4.69) is 15.9 Å². The van der Waals surface area contributed by atoms with Gasteiger partial charge in [-0.25, -0.2) is 0 Å². The Morgan fingerprint density at radius 2 is 1.70 bits per heavy atom. The van der Waals surface area contributed by atoms with E-state index in [4.69, 9.17) is 4.42 Å². The number of nitro groups is 1. The van der Waals surface area contributed by atoms with Gasteiger partial charge < -0.3 is 4.42 Å². The van der Waals surface area contributed by atoms with Crippen molar-refractivity contribution in [3.8, 4) is 11.1 Å². The molecule has 23 heavy (non-hydrogen) atoms. The highest BCUT2D eigenvalue weighted by molar-refractivity contribution is 9.10. The first kappa shape index (κ1) is 14.0. The van der Waals surface area contributed by atoms with Crippen LogP contribution in [-0.2, 0) is 0 Å². The molecular formula is C18H10BrNO3. The fourth-order valence-corrected chi connectivity index (χ4v) is 3.19. The quantitative estimate of drug-likeness (QED) is 0.326. The van der Waals surface area contributed by atoms with Gasteiger partial charge in [0.25, 0.3) is 5.69 Å². The summed E-state index contributed by atoms with van der Waals surface area (Å²) < 4.78 is 6.64. The molecule has 0 aliphatic rings. The van der Waals surface area contributed by atoms with E-state index in [1.54, 1.807) is 12.1 Å². The van der Waals surface area contributed by atoms with Gasteiger partial charge in [-0.05, 0) is 18.2 Å². The fraction of sp³-hybridized carbons (Fsp3) is 0. The molecule has 0 amide bonds. The minimum absolute atomic E-state index is 0.0485. The van der Waals surface area contributed by atoms with Gasteiger partial charge in [0.05, 0.1) is 10.5 Å². The Balaban J connectivity index is 2.09. The van der Waals surface area contributed by atoms with Crippen molar-refractivity contribution in [2.45, 2.75) is 0 Å². The van der Waals surface area contributed by atoms with E-state index < -0.39 is 0 Å². The zero-order valence-electron chi connectivity index (χ0n) is 11.8. The number of furan rings is 1. The molecule has 0 saturated heterocycles. The van der Waals surface area contributed by atoms with E-state index >= 15 is 0 Å². The number of hydrogen-bond acceptors (Lipinski definition) is 3. The molecular weight excluding hydrogens is 358 g/mol. The molecule has 0 N–H and O–H groups in total. The Morgan fingerprint density at radius 3 is 2.52 bits per heavy atom. The molecule has 0 aliphatic carbocycles. The molecule has 112 valence electrons. The van der Waals surface area contributed by atoms with Crippen LogP contribution in [0.5, 0.6) is 0 Å². The largest absolute Gasteiger partial charge is 0.455 e. The maximum atomic E-state index is 11.4. The number of nitro benzene ring substituents is 1. The van der Waals surface area contributed by atoms with Crippen LogP contribution in [-0.4, -0.2) is 4.92 Å². The predicted molar refractivity (Wildman–Crippen MR) is 93.5 cm³/mol. The Labute approximate surface area is 139 Å². The molecule has 0 atom stereocenters. The van der Waals surface area contributed by atoms with E-state index in [1.165, 1.54) is 6.07 Å². The Kier molecular flexibility index (Phi) is 3.16. The van der Waals surface area contributed by atoms with Gasteiger partial charge >= 0.3 is 0 Å². The Morgan fingerprint density at radius 1 is 0.913 bits per heavy atom. The topological polar surface area (TPSA) is 56.3 Å². The molecule has 4 aromatic rings. The van der Waals surface area contributed by atoms with Crippen molar-refractivity contribution in [2.75, 3.05) is 0 Å². The minimum Gasteiger partial charge on any atom is -0.455 e. The SMILES string of the molecule is O=[N+]([O-])c1cc(Br)ccc1-c1cccc2c1oc1ccccc12. The molecule has 0 spiro atoms. The van der Waals surface area contributed by atoms with E-state index in [0.29, 0.717) is 15.6 Å². The smallest absolute Gasteiger partial charge is 0.278 e. The lowest BCUT2D eigenvalue weighted by Crippen LogP contribution is -1.92. The maximum Gasteiger partial charge on any atom is 0.278 e. The molecule has 1 aromatic heterocycles. The number of nitrogens with zero attached hydrogens (tertiary/aromatic N) is 1. The highest BCUT2D eigenvalue weighted by Crippen LogP contribution is 2.39. The van der Waals surface area contributed by atoms with E-state index in [1.807, 2.05) is 42.5 Å². The van der Waals surface area contributed by atoms with Gasteiger partial charge in [-0.1, -0.05) is 52.3 Å². The maximum absolute atomic E-state index is 11.4. The summed E-state index contributed by atoms with van der Waals surface area (Å²) in [5.41, 5.74) is 2.75. The third kappa shape index (κ3) is 2.21. The molecule has 1 heterocycles. The third-order valence-corrected chi connectivity index (χ3v) is 4.34. The van der Waals surface area contributed by atoms with E-state index in [0.717, 1.165) is 21.9 Å². The van der Waals surface area contributed by atoms with Gasteiger partial charge in [0.2, 0.25) is 0 Å². The summed E-state index contributed by atoms with van der Waals surface area (Å²) in [6, 6.07) is 18.5. The van der Waals surface area contributed by atoms with E-state index in [-0.39, 0.29) is 10.6 Å². The fourth-order valence-electron chi connectivity index (χ4n) is 2.84. The summed E-state index contributed by atoms with van der Waals surface area (Å²) in [5.74, 6) is 0. The number of rotatable bonds is 2. The Hall–Kier alpha value is -2.66. The molecule has 3 aromatic carbocycles. The molecule has 5 heteroatoms.